The lowest BCUT2D eigenvalue weighted by molar-refractivity contribution is -0.132. The van der Waals surface area contributed by atoms with E-state index in [2.05, 4.69) is 17.1 Å². The summed E-state index contributed by atoms with van der Waals surface area (Å²) < 4.78 is 13.2. The third-order valence-corrected chi connectivity index (χ3v) is 5.06. The molecule has 2 rings (SSSR count). The summed E-state index contributed by atoms with van der Waals surface area (Å²) in [7, 11) is 0. The first kappa shape index (κ1) is 22.1. The van der Waals surface area contributed by atoms with Gasteiger partial charge in [-0.3, -0.25) is 9.69 Å². The molecular weight excluding hydrogens is 359 g/mol. The van der Waals surface area contributed by atoms with Gasteiger partial charge in [0.15, 0.2) is 0 Å². The quantitative estimate of drug-likeness (QED) is 0.703. The number of unbranched alkanes of at least 4 members (excludes halogenated alkanes) is 1. The van der Waals surface area contributed by atoms with Gasteiger partial charge >= 0.3 is 6.03 Å². The molecular formula is C21H33FN4O2. The normalized spacial score (nSPS) is 14.8. The molecule has 3 amide bonds. The van der Waals surface area contributed by atoms with Crippen molar-refractivity contribution in [2.45, 2.75) is 39.7 Å². The van der Waals surface area contributed by atoms with Crippen molar-refractivity contribution in [3.8, 4) is 0 Å². The number of carbonyl (C=O) groups excluding carboxylic acids is 2. The number of carbonyl (C=O) groups is 2. The molecule has 1 aliphatic heterocycles. The molecule has 0 aromatic heterocycles. The van der Waals surface area contributed by atoms with Crippen molar-refractivity contribution < 1.29 is 14.0 Å². The van der Waals surface area contributed by atoms with Gasteiger partial charge in [-0.1, -0.05) is 25.5 Å². The molecule has 1 N–H and O–H groups in total. The van der Waals surface area contributed by atoms with Crippen molar-refractivity contribution in [3.05, 3.63) is 35.6 Å². The van der Waals surface area contributed by atoms with Crippen LogP contribution in [0.1, 0.15) is 38.7 Å². The molecule has 1 aromatic carbocycles. The van der Waals surface area contributed by atoms with E-state index in [9.17, 15) is 14.0 Å². The van der Waals surface area contributed by atoms with Crippen LogP contribution in [0.2, 0.25) is 0 Å². The van der Waals surface area contributed by atoms with Gasteiger partial charge in [0.1, 0.15) is 5.82 Å². The number of halogens is 1. The van der Waals surface area contributed by atoms with Gasteiger partial charge in [0.2, 0.25) is 5.91 Å². The molecule has 0 radical (unpaired) electrons. The van der Waals surface area contributed by atoms with Crippen molar-refractivity contribution in [1.29, 1.82) is 0 Å². The average molecular weight is 393 g/mol. The molecule has 1 aliphatic rings. The summed E-state index contributed by atoms with van der Waals surface area (Å²) in [5.74, 6) is -0.121. The number of hydrogen-bond donors (Lipinski definition) is 1. The Bertz CT molecular complexity index is 615. The molecule has 0 spiro atoms. The fourth-order valence-electron chi connectivity index (χ4n) is 3.29. The van der Waals surface area contributed by atoms with Crippen LogP contribution in [0, 0.1) is 5.82 Å². The van der Waals surface area contributed by atoms with Crippen molar-refractivity contribution >= 4 is 11.9 Å². The second-order valence-electron chi connectivity index (χ2n) is 7.21. The van der Waals surface area contributed by atoms with E-state index in [1.165, 1.54) is 12.1 Å². The van der Waals surface area contributed by atoms with Gasteiger partial charge in [0.05, 0.1) is 0 Å². The van der Waals surface area contributed by atoms with Crippen molar-refractivity contribution in [1.82, 2.24) is 20.0 Å². The van der Waals surface area contributed by atoms with Crippen LogP contribution in [0.15, 0.2) is 24.3 Å². The highest BCUT2D eigenvalue weighted by Gasteiger charge is 2.22. The van der Waals surface area contributed by atoms with Crippen LogP contribution >= 0.6 is 0 Å². The molecule has 1 fully saturated rings. The minimum Gasteiger partial charge on any atom is -0.338 e. The number of nitrogens with zero attached hydrogens (tertiary/aromatic N) is 3. The summed E-state index contributed by atoms with van der Waals surface area (Å²) in [6.45, 7) is 9.57. The highest BCUT2D eigenvalue weighted by Crippen LogP contribution is 2.11. The topological polar surface area (TPSA) is 55.9 Å². The van der Waals surface area contributed by atoms with Crippen LogP contribution in [0.5, 0.6) is 0 Å². The summed E-state index contributed by atoms with van der Waals surface area (Å²) >= 11 is 0. The van der Waals surface area contributed by atoms with Crippen molar-refractivity contribution in [2.24, 2.45) is 0 Å². The van der Waals surface area contributed by atoms with E-state index >= 15 is 0 Å². The molecule has 6 nitrogen and oxygen atoms in total. The third kappa shape index (κ3) is 7.11. The lowest BCUT2D eigenvalue weighted by Gasteiger charge is -2.35. The molecule has 28 heavy (non-hydrogen) atoms. The summed E-state index contributed by atoms with van der Waals surface area (Å²) in [4.78, 5) is 30.5. The third-order valence-electron chi connectivity index (χ3n) is 5.06. The minimum atomic E-state index is -0.266. The molecule has 0 aliphatic carbocycles. The van der Waals surface area contributed by atoms with E-state index < -0.39 is 0 Å². The average Bonchev–Trinajstić information content (AvgIpc) is 2.71. The summed E-state index contributed by atoms with van der Waals surface area (Å²) in [5.41, 5.74) is 0.937. The van der Waals surface area contributed by atoms with E-state index in [0.29, 0.717) is 39.1 Å². The standard InChI is InChI=1S/C21H33FN4O2/c1-3-5-6-20(27)26(17-18-7-9-19(22)10-8-18)16-13-24-11-14-25(15-12-24)21(28)23-4-2/h7-10H,3-6,11-17H2,1-2H3,(H,23,28). The Hall–Kier alpha value is -2.15. The largest absolute Gasteiger partial charge is 0.338 e. The SMILES string of the molecule is CCCCC(=O)N(CCN1CCN(C(=O)NCC)CC1)Cc1ccc(F)cc1. The predicted octanol–water partition coefficient (Wildman–Crippen LogP) is 2.69. The van der Waals surface area contributed by atoms with Gasteiger partial charge in [-0.05, 0) is 31.0 Å². The molecule has 0 atom stereocenters. The smallest absolute Gasteiger partial charge is 0.317 e. The number of piperazine rings is 1. The molecule has 0 saturated carbocycles. The van der Waals surface area contributed by atoms with Crippen LogP contribution < -0.4 is 5.32 Å². The fraction of sp³-hybridized carbons (Fsp3) is 0.619. The number of urea groups is 1. The zero-order chi connectivity index (χ0) is 20.4. The van der Waals surface area contributed by atoms with Crippen LogP contribution in [0.4, 0.5) is 9.18 Å². The Morgan fingerprint density at radius 1 is 1.11 bits per heavy atom. The molecule has 1 aromatic rings. The molecule has 1 saturated heterocycles. The maximum atomic E-state index is 13.2. The monoisotopic (exact) mass is 392 g/mol. The summed E-state index contributed by atoms with van der Waals surface area (Å²) in [6.07, 6.45) is 2.41. The van der Waals surface area contributed by atoms with E-state index in [1.807, 2.05) is 16.7 Å². The summed E-state index contributed by atoms with van der Waals surface area (Å²) in [6, 6.07) is 6.34. The second-order valence-corrected chi connectivity index (χ2v) is 7.21. The zero-order valence-corrected chi connectivity index (χ0v) is 17.1. The first-order chi connectivity index (χ1) is 13.5. The highest BCUT2D eigenvalue weighted by atomic mass is 19.1. The van der Waals surface area contributed by atoms with E-state index in [1.54, 1.807) is 12.1 Å². The van der Waals surface area contributed by atoms with Crippen molar-refractivity contribution in [3.63, 3.8) is 0 Å². The van der Waals surface area contributed by atoms with Gasteiger partial charge in [-0.15, -0.1) is 0 Å². The lowest BCUT2D eigenvalue weighted by atomic mass is 10.1. The van der Waals surface area contributed by atoms with E-state index in [0.717, 1.165) is 38.0 Å². The van der Waals surface area contributed by atoms with Gasteiger partial charge in [-0.2, -0.15) is 0 Å². The van der Waals surface area contributed by atoms with E-state index in [-0.39, 0.29) is 17.8 Å². The molecule has 156 valence electrons. The van der Waals surface area contributed by atoms with Gasteiger partial charge in [0, 0.05) is 58.8 Å². The van der Waals surface area contributed by atoms with Crippen molar-refractivity contribution in [2.75, 3.05) is 45.8 Å². The Balaban J connectivity index is 1.87. The second kappa shape index (κ2) is 11.6. The Morgan fingerprint density at radius 3 is 2.39 bits per heavy atom. The number of amides is 3. The van der Waals surface area contributed by atoms with Gasteiger partial charge < -0.3 is 15.1 Å². The van der Waals surface area contributed by atoms with Crippen LogP contribution in [-0.4, -0.2) is 72.5 Å². The maximum Gasteiger partial charge on any atom is 0.317 e. The number of hydrogen-bond acceptors (Lipinski definition) is 3. The first-order valence-corrected chi connectivity index (χ1v) is 10.3. The highest BCUT2D eigenvalue weighted by molar-refractivity contribution is 5.76. The molecule has 7 heteroatoms. The number of nitrogens with one attached hydrogen (secondary N) is 1. The summed E-state index contributed by atoms with van der Waals surface area (Å²) in [5, 5.41) is 2.83. The number of rotatable bonds is 9. The van der Waals surface area contributed by atoms with Crippen LogP contribution in [0.25, 0.3) is 0 Å². The Kier molecular flexibility index (Phi) is 9.20. The number of benzene rings is 1. The Labute approximate surface area is 167 Å². The van der Waals surface area contributed by atoms with Crippen LogP contribution in [-0.2, 0) is 11.3 Å². The first-order valence-electron chi connectivity index (χ1n) is 10.3. The van der Waals surface area contributed by atoms with Crippen LogP contribution in [0.3, 0.4) is 0 Å². The van der Waals surface area contributed by atoms with Gasteiger partial charge in [-0.25, -0.2) is 9.18 Å². The minimum absolute atomic E-state index is 0.00479. The predicted molar refractivity (Wildman–Crippen MR) is 108 cm³/mol. The lowest BCUT2D eigenvalue weighted by Crippen LogP contribution is -2.53. The van der Waals surface area contributed by atoms with E-state index in [4.69, 9.17) is 0 Å². The molecule has 1 heterocycles. The molecule has 0 unspecified atom stereocenters. The zero-order valence-electron chi connectivity index (χ0n) is 17.1. The molecule has 0 bridgehead atoms. The maximum absolute atomic E-state index is 13.2. The van der Waals surface area contributed by atoms with Gasteiger partial charge in [0.25, 0.3) is 0 Å². The fourth-order valence-corrected chi connectivity index (χ4v) is 3.29. The Morgan fingerprint density at radius 2 is 1.79 bits per heavy atom.